The number of aliphatic hydroxyl groups is 4. The van der Waals surface area contributed by atoms with Gasteiger partial charge in [0, 0.05) is 18.5 Å². The zero-order chi connectivity index (χ0) is 20.7. The van der Waals surface area contributed by atoms with Gasteiger partial charge >= 0.3 is 5.97 Å². The van der Waals surface area contributed by atoms with Gasteiger partial charge < -0.3 is 45.9 Å². The Bertz CT molecular complexity index is 682. The van der Waals surface area contributed by atoms with Gasteiger partial charge in [0.05, 0.1) is 6.61 Å². The second kappa shape index (κ2) is 9.89. The molecule has 5 atom stereocenters. The van der Waals surface area contributed by atoms with Crippen molar-refractivity contribution in [3.8, 4) is 0 Å². The molecule has 1 amide bonds. The van der Waals surface area contributed by atoms with Crippen molar-refractivity contribution in [2.75, 3.05) is 6.61 Å². The van der Waals surface area contributed by atoms with Crippen molar-refractivity contribution in [3.05, 3.63) is 30.1 Å². The molecular formula is C15H20N2O10. The molecule has 0 aliphatic carbocycles. The van der Waals surface area contributed by atoms with Crippen LogP contribution in [0.1, 0.15) is 23.0 Å². The topological polar surface area (TPSA) is 215 Å². The van der Waals surface area contributed by atoms with Crippen LogP contribution in [-0.4, -0.2) is 74.4 Å². The summed E-state index contributed by atoms with van der Waals surface area (Å²) >= 11 is 0. The molecule has 1 aromatic rings. The van der Waals surface area contributed by atoms with Crippen LogP contribution in [0.4, 0.5) is 0 Å². The molecule has 27 heavy (non-hydrogen) atoms. The van der Waals surface area contributed by atoms with E-state index in [2.05, 4.69) is 0 Å². The molecule has 0 bridgehead atoms. The highest BCUT2D eigenvalue weighted by Gasteiger charge is 2.47. The lowest BCUT2D eigenvalue weighted by Gasteiger charge is -2.09. The number of primary amides is 1. The first kappa shape index (κ1) is 22.4. The van der Waals surface area contributed by atoms with Crippen LogP contribution in [0.25, 0.3) is 0 Å². The van der Waals surface area contributed by atoms with Gasteiger partial charge in [-0.25, -0.2) is 4.79 Å². The largest absolute Gasteiger partial charge is 0.550 e. The summed E-state index contributed by atoms with van der Waals surface area (Å²) in [5.74, 6) is -3.74. The summed E-state index contributed by atoms with van der Waals surface area (Å²) in [4.78, 5) is 30.3. The number of hydrogen-bond acceptors (Lipinski definition) is 9. The van der Waals surface area contributed by atoms with E-state index < -0.39 is 61.5 Å². The molecular weight excluding hydrogens is 368 g/mol. The van der Waals surface area contributed by atoms with Gasteiger partial charge in [0.1, 0.15) is 17.8 Å². The third-order valence-electron chi connectivity index (χ3n) is 3.56. The Hall–Kier alpha value is -2.64. The summed E-state index contributed by atoms with van der Waals surface area (Å²) in [6.45, 7) is -0.398. The predicted octanol–water partition coefficient (Wildman–Crippen LogP) is -4.74. The van der Waals surface area contributed by atoms with Crippen molar-refractivity contribution in [1.82, 2.24) is 0 Å². The lowest BCUT2D eigenvalue weighted by molar-refractivity contribution is -0.765. The monoisotopic (exact) mass is 388 g/mol. The molecule has 1 saturated heterocycles. The van der Waals surface area contributed by atoms with Gasteiger partial charge in [-0.1, -0.05) is 0 Å². The van der Waals surface area contributed by atoms with Gasteiger partial charge in [-0.3, -0.25) is 4.79 Å². The highest BCUT2D eigenvalue weighted by atomic mass is 16.6. The first-order valence-corrected chi connectivity index (χ1v) is 7.62. The smallest absolute Gasteiger partial charge is 0.332 e. The van der Waals surface area contributed by atoms with Crippen LogP contribution in [0.2, 0.25) is 0 Å². The Morgan fingerprint density at radius 3 is 2.33 bits per heavy atom. The van der Waals surface area contributed by atoms with Crippen LogP contribution in [0, 0.1) is 0 Å². The number of pyridine rings is 1. The van der Waals surface area contributed by atoms with Gasteiger partial charge in [-0.15, -0.1) is 0 Å². The number of carboxylic acid groups (broad SMARTS) is 2. The number of ether oxygens (including phenoxy) is 1. The molecule has 0 unspecified atom stereocenters. The number of hydrogen-bond donors (Lipinski definition) is 6. The molecule has 0 aromatic carbocycles. The normalized spacial score (nSPS) is 25.2. The van der Waals surface area contributed by atoms with Crippen LogP contribution in [0.3, 0.4) is 0 Å². The summed E-state index contributed by atoms with van der Waals surface area (Å²) in [5, 5.41) is 54.2. The van der Waals surface area contributed by atoms with Gasteiger partial charge in [0.2, 0.25) is 0 Å². The Morgan fingerprint density at radius 1 is 1.30 bits per heavy atom. The number of carbonyl (C=O) groups excluding carboxylic acids is 2. The number of nitrogens with zero attached hydrogens (tertiary/aromatic N) is 1. The lowest BCUT2D eigenvalue weighted by Crippen LogP contribution is -2.46. The van der Waals surface area contributed by atoms with Crippen LogP contribution < -0.4 is 15.4 Å². The van der Waals surface area contributed by atoms with Crippen molar-refractivity contribution in [3.63, 3.8) is 0 Å². The number of aromatic nitrogens is 1. The summed E-state index contributed by atoms with van der Waals surface area (Å²) in [6, 6.07) is 3.11. The Labute approximate surface area is 152 Å². The van der Waals surface area contributed by atoms with Gasteiger partial charge in [-0.05, 0) is 6.07 Å². The predicted molar refractivity (Wildman–Crippen MR) is 81.4 cm³/mol. The van der Waals surface area contributed by atoms with E-state index in [4.69, 9.17) is 25.8 Å². The molecule has 0 radical (unpaired) electrons. The molecule has 1 aromatic heterocycles. The molecule has 12 heteroatoms. The molecule has 150 valence electrons. The Balaban J connectivity index is 0.000000345. The van der Waals surface area contributed by atoms with E-state index in [1.165, 1.54) is 16.8 Å². The minimum absolute atomic E-state index is 0.259. The van der Waals surface area contributed by atoms with Gasteiger partial charge in [0.25, 0.3) is 12.1 Å². The molecule has 2 heterocycles. The van der Waals surface area contributed by atoms with E-state index in [0.29, 0.717) is 0 Å². The van der Waals surface area contributed by atoms with Gasteiger partial charge in [0.15, 0.2) is 24.6 Å². The van der Waals surface area contributed by atoms with Crippen LogP contribution in [0.15, 0.2) is 24.5 Å². The van der Waals surface area contributed by atoms with Crippen molar-refractivity contribution in [2.24, 2.45) is 5.73 Å². The average molecular weight is 388 g/mol. The highest BCUT2D eigenvalue weighted by Crippen LogP contribution is 2.24. The standard InChI is InChI=1S/C11H14N2O5.C4H6O5/c12-10(17)6-2-1-3-13(4-6)11-9(16)8(15)7(5-14)18-11;5-2(4(8)9)1-3(6)7/h1-4,7-9,11,14-16H,5H2,(H-,12,17);2,5H,1H2,(H,6,7)(H,8,9)/t7-,8-,9-,11-;2-/m10/s1. The number of nitrogens with two attached hydrogens (primary N) is 1. The number of carbonyl (C=O) groups is 3. The van der Waals surface area contributed by atoms with E-state index in [-0.39, 0.29) is 5.56 Å². The average Bonchev–Trinajstić information content (AvgIpc) is 2.90. The van der Waals surface area contributed by atoms with Crippen LogP contribution >= 0.6 is 0 Å². The molecule has 2 rings (SSSR count). The minimum atomic E-state index is -1.85. The number of aliphatic hydroxyl groups excluding tert-OH is 4. The minimum Gasteiger partial charge on any atom is -0.550 e. The molecule has 0 spiro atoms. The van der Waals surface area contributed by atoms with Crippen LogP contribution in [-0.2, 0) is 14.3 Å². The molecule has 12 nitrogen and oxygen atoms in total. The Kier molecular flexibility index (Phi) is 8.21. The second-order valence-electron chi connectivity index (χ2n) is 5.56. The van der Waals surface area contributed by atoms with Crippen LogP contribution in [0.5, 0.6) is 0 Å². The first-order valence-electron chi connectivity index (χ1n) is 7.62. The summed E-state index contributed by atoms with van der Waals surface area (Å²) in [5.41, 5.74) is 5.41. The third-order valence-corrected chi connectivity index (χ3v) is 3.56. The SMILES string of the molecule is NC(=O)c1ccc[n+]([C@@H]2O[C@H](CO)[C@@H](O)[C@H]2O)c1.O=C([O-])C[C@H](O)C(=O)O. The number of aliphatic carboxylic acids is 2. The first-order chi connectivity index (χ1) is 12.6. The second-order valence-corrected chi connectivity index (χ2v) is 5.56. The van der Waals surface area contributed by atoms with E-state index >= 15 is 0 Å². The number of rotatable bonds is 6. The molecule has 1 aliphatic rings. The van der Waals surface area contributed by atoms with E-state index in [9.17, 15) is 29.7 Å². The zero-order valence-electron chi connectivity index (χ0n) is 13.9. The Morgan fingerprint density at radius 2 is 1.93 bits per heavy atom. The number of amides is 1. The fraction of sp³-hybridized carbons (Fsp3) is 0.467. The third kappa shape index (κ3) is 6.23. The summed E-state index contributed by atoms with van der Waals surface area (Å²) in [7, 11) is 0. The molecule has 1 aliphatic heterocycles. The zero-order valence-corrected chi connectivity index (χ0v) is 13.9. The fourth-order valence-electron chi connectivity index (χ4n) is 2.17. The maximum absolute atomic E-state index is 11.1. The fourth-order valence-corrected chi connectivity index (χ4v) is 2.17. The molecule has 7 N–H and O–H groups in total. The molecule has 0 saturated carbocycles. The highest BCUT2D eigenvalue weighted by molar-refractivity contribution is 5.92. The summed E-state index contributed by atoms with van der Waals surface area (Å²) < 4.78 is 6.75. The lowest BCUT2D eigenvalue weighted by atomic mass is 10.1. The van der Waals surface area contributed by atoms with Crippen molar-refractivity contribution >= 4 is 17.8 Å². The van der Waals surface area contributed by atoms with E-state index in [0.717, 1.165) is 0 Å². The maximum Gasteiger partial charge on any atom is 0.332 e. The van der Waals surface area contributed by atoms with E-state index in [1.807, 2.05) is 0 Å². The van der Waals surface area contributed by atoms with E-state index in [1.54, 1.807) is 12.3 Å². The molecule has 1 fully saturated rings. The van der Waals surface area contributed by atoms with Crippen molar-refractivity contribution in [1.29, 1.82) is 0 Å². The quantitative estimate of drug-likeness (QED) is 0.256. The van der Waals surface area contributed by atoms with Crippen molar-refractivity contribution in [2.45, 2.75) is 37.1 Å². The van der Waals surface area contributed by atoms with Crippen molar-refractivity contribution < 1.29 is 54.3 Å². The summed E-state index contributed by atoms with van der Waals surface area (Å²) in [6.07, 6.45) is -3.80. The van der Waals surface area contributed by atoms with Gasteiger partial charge in [-0.2, -0.15) is 4.57 Å². The maximum atomic E-state index is 11.1. The number of carboxylic acids is 2.